The second-order valence-electron chi connectivity index (χ2n) is 5.85. The molecule has 0 aromatic heterocycles. The molecule has 2 aliphatic rings. The van der Waals surface area contributed by atoms with Gasteiger partial charge in [-0.1, -0.05) is 0 Å². The molecule has 2 heterocycles. The highest BCUT2D eigenvalue weighted by Crippen LogP contribution is 2.28. The van der Waals surface area contributed by atoms with Crippen LogP contribution in [-0.2, 0) is 14.2 Å². The van der Waals surface area contributed by atoms with Crippen molar-refractivity contribution in [1.82, 2.24) is 5.32 Å². The molecule has 0 saturated carbocycles. The summed E-state index contributed by atoms with van der Waals surface area (Å²) in [4.78, 5) is 0. The minimum atomic E-state index is -1.67. The number of aliphatic hydroxyl groups excluding tert-OH is 7. The van der Waals surface area contributed by atoms with Crippen molar-refractivity contribution in [3.8, 4) is 0 Å². The maximum atomic E-state index is 10.2. The minimum absolute atomic E-state index is 0.552. The summed E-state index contributed by atoms with van der Waals surface area (Å²) >= 11 is 0. The number of aliphatic hydroxyl groups is 7. The first-order valence-electron chi connectivity index (χ1n) is 7.61. The van der Waals surface area contributed by atoms with E-state index in [4.69, 9.17) is 19.3 Å². The predicted octanol–water partition coefficient (Wildman–Crippen LogP) is -5.17. The van der Waals surface area contributed by atoms with E-state index in [9.17, 15) is 30.6 Å². The molecule has 142 valence electrons. The van der Waals surface area contributed by atoms with Crippen LogP contribution in [0.25, 0.3) is 0 Å². The van der Waals surface area contributed by atoms with Gasteiger partial charge in [0.2, 0.25) is 0 Å². The maximum Gasteiger partial charge on any atom is 0.187 e. The fourth-order valence-corrected chi connectivity index (χ4v) is 2.83. The van der Waals surface area contributed by atoms with E-state index in [0.29, 0.717) is 0 Å². The van der Waals surface area contributed by atoms with Crippen molar-refractivity contribution in [3.63, 3.8) is 0 Å². The van der Waals surface area contributed by atoms with E-state index in [0.717, 1.165) is 0 Å². The van der Waals surface area contributed by atoms with E-state index in [1.165, 1.54) is 7.05 Å². The van der Waals surface area contributed by atoms with E-state index >= 15 is 0 Å². The van der Waals surface area contributed by atoms with Gasteiger partial charge in [-0.05, 0) is 7.05 Å². The van der Waals surface area contributed by atoms with Crippen LogP contribution in [0.2, 0.25) is 0 Å². The van der Waals surface area contributed by atoms with E-state index in [-0.39, 0.29) is 0 Å². The van der Waals surface area contributed by atoms with E-state index in [2.05, 4.69) is 5.32 Å². The fraction of sp³-hybridized carbons (Fsp3) is 1.00. The third kappa shape index (κ3) is 3.71. The largest absolute Gasteiger partial charge is 0.394 e. The first-order valence-corrected chi connectivity index (χ1v) is 7.61. The van der Waals surface area contributed by atoms with Gasteiger partial charge in [0, 0.05) is 0 Å². The fourth-order valence-electron chi connectivity index (χ4n) is 2.83. The van der Waals surface area contributed by atoms with Crippen LogP contribution in [-0.4, -0.2) is 117 Å². The van der Waals surface area contributed by atoms with Crippen LogP contribution >= 0.6 is 0 Å². The molecule has 2 fully saturated rings. The van der Waals surface area contributed by atoms with E-state index in [1.807, 2.05) is 0 Å². The lowest BCUT2D eigenvalue weighted by atomic mass is 9.96. The summed E-state index contributed by atoms with van der Waals surface area (Å²) in [5.74, 6) is 0. The second kappa shape index (κ2) is 8.29. The smallest absolute Gasteiger partial charge is 0.187 e. The molecule has 10 atom stereocenters. The van der Waals surface area contributed by atoms with E-state index < -0.39 is 74.6 Å². The average molecular weight is 355 g/mol. The molecule has 2 aliphatic heterocycles. The molecular formula is C13H25NO10. The van der Waals surface area contributed by atoms with Gasteiger partial charge in [-0.2, -0.15) is 0 Å². The predicted molar refractivity (Wildman–Crippen MR) is 75.5 cm³/mol. The average Bonchev–Trinajstić information content (AvgIpc) is 2.59. The van der Waals surface area contributed by atoms with Gasteiger partial charge in [0.05, 0.1) is 13.2 Å². The Kier molecular flexibility index (Phi) is 6.87. The number of likely N-dealkylation sites (N-methyl/N-ethyl adjacent to an activating group) is 1. The Morgan fingerprint density at radius 2 is 1.42 bits per heavy atom. The highest BCUT2D eigenvalue weighted by Gasteiger charge is 2.50. The van der Waals surface area contributed by atoms with Gasteiger partial charge < -0.3 is 50.0 Å². The zero-order valence-electron chi connectivity index (χ0n) is 13.0. The van der Waals surface area contributed by atoms with Crippen molar-refractivity contribution in [1.29, 1.82) is 0 Å². The summed E-state index contributed by atoms with van der Waals surface area (Å²) in [6.45, 7) is -1.19. The van der Waals surface area contributed by atoms with Crippen molar-refractivity contribution in [2.24, 2.45) is 0 Å². The molecule has 9 unspecified atom stereocenters. The van der Waals surface area contributed by atoms with Crippen LogP contribution in [0, 0.1) is 0 Å². The molecule has 0 radical (unpaired) electrons. The normalized spacial score (nSPS) is 50.0. The molecule has 0 bridgehead atoms. The zero-order valence-corrected chi connectivity index (χ0v) is 13.0. The van der Waals surface area contributed by atoms with Crippen LogP contribution in [0.3, 0.4) is 0 Å². The molecule has 0 amide bonds. The highest BCUT2D eigenvalue weighted by molar-refractivity contribution is 4.94. The number of rotatable bonds is 5. The van der Waals surface area contributed by atoms with Crippen LogP contribution in [0.15, 0.2) is 0 Å². The van der Waals surface area contributed by atoms with E-state index in [1.54, 1.807) is 0 Å². The third-order valence-corrected chi connectivity index (χ3v) is 4.29. The molecule has 0 spiro atoms. The van der Waals surface area contributed by atoms with Gasteiger partial charge in [-0.3, -0.25) is 5.32 Å². The third-order valence-electron chi connectivity index (χ3n) is 4.29. The standard InChI is InChI=1S/C13H25NO10/c1-14-12-9(20)8(19)11(5(3-16)22-12)24-13-10(21)7(18)6(17)4(2-15)23-13/h4-21H,2-3H2,1H3/t4?,5?,6?,7?,8?,9?,10?,11-,12?,13?/m0/s1. The Hall–Kier alpha value is -0.440. The summed E-state index contributed by atoms with van der Waals surface area (Å²) in [5, 5.41) is 70.8. The summed E-state index contributed by atoms with van der Waals surface area (Å²) in [6, 6.07) is 0. The number of hydrogen-bond acceptors (Lipinski definition) is 11. The van der Waals surface area contributed by atoms with Crippen molar-refractivity contribution in [2.75, 3.05) is 20.3 Å². The monoisotopic (exact) mass is 355 g/mol. The molecule has 0 aliphatic carbocycles. The summed E-state index contributed by atoms with van der Waals surface area (Å²) in [7, 11) is 1.49. The number of ether oxygens (including phenoxy) is 3. The molecular weight excluding hydrogens is 330 g/mol. The zero-order chi connectivity index (χ0) is 18.0. The Morgan fingerprint density at radius 3 is 1.96 bits per heavy atom. The lowest BCUT2D eigenvalue weighted by Gasteiger charge is -2.46. The summed E-state index contributed by atoms with van der Waals surface area (Å²) in [6.07, 6.45) is -13.7. The molecule has 0 aromatic rings. The van der Waals surface area contributed by atoms with Gasteiger partial charge >= 0.3 is 0 Å². The van der Waals surface area contributed by atoms with Gasteiger partial charge in [0.1, 0.15) is 55.1 Å². The Balaban J connectivity index is 2.12. The first-order chi connectivity index (χ1) is 11.3. The Bertz CT molecular complexity index is 397. The Labute approximate surface area is 138 Å². The van der Waals surface area contributed by atoms with Gasteiger partial charge in [0.15, 0.2) is 6.29 Å². The molecule has 24 heavy (non-hydrogen) atoms. The summed E-state index contributed by atoms with van der Waals surface area (Å²) < 4.78 is 15.9. The molecule has 8 N–H and O–H groups in total. The molecule has 2 saturated heterocycles. The van der Waals surface area contributed by atoms with Gasteiger partial charge in [-0.25, -0.2) is 0 Å². The molecule has 0 aromatic carbocycles. The van der Waals surface area contributed by atoms with Crippen LogP contribution in [0.4, 0.5) is 0 Å². The molecule has 11 heteroatoms. The Morgan fingerprint density at radius 1 is 0.792 bits per heavy atom. The first kappa shape index (κ1) is 19.9. The maximum absolute atomic E-state index is 10.2. The molecule has 11 nitrogen and oxygen atoms in total. The van der Waals surface area contributed by atoms with Crippen molar-refractivity contribution in [3.05, 3.63) is 0 Å². The lowest BCUT2D eigenvalue weighted by molar-refractivity contribution is -0.343. The highest BCUT2D eigenvalue weighted by atomic mass is 16.7. The molecule has 2 rings (SSSR count). The van der Waals surface area contributed by atoms with Crippen LogP contribution in [0.5, 0.6) is 0 Å². The quantitative estimate of drug-likeness (QED) is 0.236. The minimum Gasteiger partial charge on any atom is -0.394 e. The topological polar surface area (TPSA) is 181 Å². The van der Waals surface area contributed by atoms with Crippen molar-refractivity contribution < 1.29 is 50.0 Å². The lowest BCUT2D eigenvalue weighted by Crippen LogP contribution is -2.66. The van der Waals surface area contributed by atoms with Crippen molar-refractivity contribution >= 4 is 0 Å². The van der Waals surface area contributed by atoms with Crippen LogP contribution in [0.1, 0.15) is 0 Å². The number of nitrogens with one attached hydrogen (secondary N) is 1. The SMILES string of the molecule is CNC1OC(CO)[C@H](OC2OC(CO)C(O)C(O)C2O)C(O)C1O. The van der Waals surface area contributed by atoms with Gasteiger partial charge in [0.25, 0.3) is 0 Å². The van der Waals surface area contributed by atoms with Crippen LogP contribution < -0.4 is 5.32 Å². The second-order valence-corrected chi connectivity index (χ2v) is 5.85. The van der Waals surface area contributed by atoms with Crippen molar-refractivity contribution in [2.45, 2.75) is 61.3 Å². The summed E-state index contributed by atoms with van der Waals surface area (Å²) in [5.41, 5.74) is 0. The van der Waals surface area contributed by atoms with Gasteiger partial charge in [-0.15, -0.1) is 0 Å². The number of hydrogen-bond donors (Lipinski definition) is 8.